The topological polar surface area (TPSA) is 78.3 Å². The number of ketones is 1. The van der Waals surface area contributed by atoms with Crippen LogP contribution in [0.2, 0.25) is 5.02 Å². The number of rotatable bonds is 5. The van der Waals surface area contributed by atoms with E-state index in [-0.39, 0.29) is 27.0 Å². The molecule has 1 aromatic heterocycles. The molecule has 6 nitrogen and oxygen atoms in total. The van der Waals surface area contributed by atoms with Gasteiger partial charge in [-0.25, -0.2) is 13.1 Å². The number of carbonyl (C=O) groups excluding carboxylic acids is 1. The maximum atomic E-state index is 13.0. The van der Waals surface area contributed by atoms with Crippen LogP contribution in [-0.2, 0) is 16.9 Å². The van der Waals surface area contributed by atoms with Gasteiger partial charge in [0.15, 0.2) is 9.84 Å². The molecule has 0 saturated carbocycles. The second kappa shape index (κ2) is 6.80. The number of aryl methyl sites for hydroxylation is 3. The average Bonchev–Trinajstić information content (AvgIpc) is 2.83. The summed E-state index contributed by atoms with van der Waals surface area (Å²) in [6, 6.07) is 1.52. The molecule has 8 heteroatoms. The van der Waals surface area contributed by atoms with Gasteiger partial charge in [-0.2, -0.15) is 5.10 Å². The Morgan fingerprint density at radius 3 is 2.44 bits per heavy atom. The first-order valence-corrected chi connectivity index (χ1v) is 9.74. The highest BCUT2D eigenvalue weighted by atomic mass is 35.5. The summed E-state index contributed by atoms with van der Waals surface area (Å²) in [7, 11) is -0.304. The van der Waals surface area contributed by atoms with Crippen LogP contribution < -0.4 is 4.74 Å². The molecule has 1 aromatic carbocycles. The van der Waals surface area contributed by atoms with Crippen LogP contribution in [0.25, 0.3) is 0 Å². The number of benzene rings is 1. The number of hydrogen-bond acceptors (Lipinski definition) is 5. The molecule has 136 valence electrons. The van der Waals surface area contributed by atoms with Crippen LogP contribution in [0.5, 0.6) is 5.88 Å². The lowest BCUT2D eigenvalue weighted by Gasteiger charge is -2.15. The predicted octanol–water partition coefficient (Wildman–Crippen LogP) is 3.03. The molecule has 0 aliphatic rings. The SMILES string of the molecule is CCS(=O)(=O)c1c(C)cc(C(=O)c2c(C)nn(C)c2OC)c(Cl)c1C. The van der Waals surface area contributed by atoms with Crippen LogP contribution in [0.15, 0.2) is 11.0 Å². The molecule has 0 saturated heterocycles. The molecule has 0 aliphatic heterocycles. The Kier molecular flexibility index (Phi) is 5.30. The second-order valence-corrected chi connectivity index (χ2v) is 8.43. The maximum Gasteiger partial charge on any atom is 0.223 e. The Balaban J connectivity index is 2.73. The molecule has 0 atom stereocenters. The zero-order valence-corrected chi connectivity index (χ0v) is 16.7. The van der Waals surface area contributed by atoms with Gasteiger partial charge in [0.1, 0.15) is 5.56 Å². The van der Waals surface area contributed by atoms with E-state index < -0.39 is 9.84 Å². The quantitative estimate of drug-likeness (QED) is 0.740. The smallest absolute Gasteiger partial charge is 0.223 e. The van der Waals surface area contributed by atoms with E-state index in [1.54, 1.807) is 34.7 Å². The van der Waals surface area contributed by atoms with Crippen molar-refractivity contribution in [1.29, 1.82) is 0 Å². The van der Waals surface area contributed by atoms with Crippen LogP contribution in [0.4, 0.5) is 0 Å². The van der Waals surface area contributed by atoms with Gasteiger partial charge >= 0.3 is 0 Å². The summed E-state index contributed by atoms with van der Waals surface area (Å²) in [5.41, 5.74) is 1.94. The number of halogens is 1. The maximum absolute atomic E-state index is 13.0. The minimum Gasteiger partial charge on any atom is -0.481 e. The summed E-state index contributed by atoms with van der Waals surface area (Å²) in [5.74, 6) is -0.0494. The molecule has 1 heterocycles. The van der Waals surface area contributed by atoms with Gasteiger partial charge in [0, 0.05) is 12.6 Å². The first-order valence-electron chi connectivity index (χ1n) is 7.71. The van der Waals surface area contributed by atoms with Crippen LogP contribution in [-0.4, -0.2) is 36.8 Å². The van der Waals surface area contributed by atoms with E-state index in [1.807, 2.05) is 0 Å². The molecular weight excluding hydrogens is 364 g/mol. The standard InChI is InChI=1S/C17H21ClN2O4S/c1-7-25(22,23)16-9(2)8-12(14(18)10(16)3)15(21)13-11(4)19-20(5)17(13)24-6/h8H,7H2,1-6H3. The number of methoxy groups -OCH3 is 1. The fourth-order valence-corrected chi connectivity index (χ4v) is 4.70. The fraction of sp³-hybridized carbons (Fsp3) is 0.412. The van der Waals surface area contributed by atoms with Crippen molar-refractivity contribution in [2.24, 2.45) is 7.05 Å². The number of ether oxygens (including phenoxy) is 1. The Morgan fingerprint density at radius 1 is 1.32 bits per heavy atom. The molecule has 25 heavy (non-hydrogen) atoms. The molecular formula is C17H21ClN2O4S. The van der Waals surface area contributed by atoms with Crippen LogP contribution in [0.1, 0.15) is 39.7 Å². The molecule has 0 fully saturated rings. The minimum atomic E-state index is -3.44. The summed E-state index contributed by atoms with van der Waals surface area (Å²) >= 11 is 6.38. The molecule has 0 amide bonds. The second-order valence-electron chi connectivity index (χ2n) is 5.83. The van der Waals surface area contributed by atoms with E-state index in [4.69, 9.17) is 16.3 Å². The lowest BCUT2D eigenvalue weighted by atomic mass is 9.99. The summed E-state index contributed by atoms with van der Waals surface area (Å²) < 4.78 is 31.4. The lowest BCUT2D eigenvalue weighted by molar-refractivity contribution is 0.103. The van der Waals surface area contributed by atoms with Crippen LogP contribution in [0, 0.1) is 20.8 Å². The lowest BCUT2D eigenvalue weighted by Crippen LogP contribution is -2.12. The minimum absolute atomic E-state index is 0.0339. The van der Waals surface area contributed by atoms with Crippen LogP contribution >= 0.6 is 11.6 Å². The monoisotopic (exact) mass is 384 g/mol. The first-order chi connectivity index (χ1) is 11.6. The van der Waals surface area contributed by atoms with Gasteiger partial charge in [-0.1, -0.05) is 18.5 Å². The van der Waals surface area contributed by atoms with E-state index in [9.17, 15) is 13.2 Å². The van der Waals surface area contributed by atoms with E-state index in [0.717, 1.165) is 0 Å². The highest BCUT2D eigenvalue weighted by Gasteiger charge is 2.28. The molecule has 0 aliphatic carbocycles. The largest absolute Gasteiger partial charge is 0.481 e. The summed E-state index contributed by atoms with van der Waals surface area (Å²) in [6.45, 7) is 6.56. The molecule has 0 unspecified atom stereocenters. The van der Waals surface area contributed by atoms with Crippen molar-refractivity contribution in [3.05, 3.63) is 39.0 Å². The van der Waals surface area contributed by atoms with Gasteiger partial charge in [-0.3, -0.25) is 4.79 Å². The van der Waals surface area contributed by atoms with E-state index in [1.165, 1.54) is 17.9 Å². The first kappa shape index (κ1) is 19.5. The molecule has 0 spiro atoms. The zero-order valence-electron chi connectivity index (χ0n) is 15.1. The van der Waals surface area contributed by atoms with Gasteiger partial charge in [0.2, 0.25) is 11.7 Å². The highest BCUT2D eigenvalue weighted by Crippen LogP contribution is 2.34. The number of hydrogen-bond donors (Lipinski definition) is 0. The van der Waals surface area contributed by atoms with Crippen molar-refractivity contribution in [3.8, 4) is 5.88 Å². The zero-order chi connectivity index (χ0) is 19.1. The van der Waals surface area contributed by atoms with Crippen molar-refractivity contribution in [2.45, 2.75) is 32.6 Å². The van der Waals surface area contributed by atoms with E-state index in [2.05, 4.69) is 5.10 Å². The third kappa shape index (κ3) is 3.18. The van der Waals surface area contributed by atoms with Crippen molar-refractivity contribution >= 4 is 27.2 Å². The predicted molar refractivity (Wildman–Crippen MR) is 96.6 cm³/mol. The van der Waals surface area contributed by atoms with E-state index >= 15 is 0 Å². The molecule has 0 bridgehead atoms. The van der Waals surface area contributed by atoms with Crippen molar-refractivity contribution in [1.82, 2.24) is 9.78 Å². The third-order valence-corrected chi connectivity index (χ3v) is 6.65. The fourth-order valence-electron chi connectivity index (χ4n) is 3.00. The van der Waals surface area contributed by atoms with Gasteiger partial charge in [-0.05, 0) is 38.0 Å². The van der Waals surface area contributed by atoms with Crippen molar-refractivity contribution in [2.75, 3.05) is 12.9 Å². The van der Waals surface area contributed by atoms with Gasteiger partial charge in [-0.15, -0.1) is 0 Å². The number of nitrogens with zero attached hydrogens (tertiary/aromatic N) is 2. The number of aromatic nitrogens is 2. The Hall–Kier alpha value is -1.86. The summed E-state index contributed by atoms with van der Waals surface area (Å²) in [6.07, 6.45) is 0. The highest BCUT2D eigenvalue weighted by molar-refractivity contribution is 7.91. The van der Waals surface area contributed by atoms with E-state index in [0.29, 0.717) is 28.3 Å². The van der Waals surface area contributed by atoms with Gasteiger partial charge in [0.05, 0.1) is 28.5 Å². The van der Waals surface area contributed by atoms with Gasteiger partial charge < -0.3 is 4.74 Å². The summed E-state index contributed by atoms with van der Waals surface area (Å²) in [4.78, 5) is 13.2. The average molecular weight is 385 g/mol. The Morgan fingerprint density at radius 2 is 1.92 bits per heavy atom. The molecule has 0 radical (unpaired) electrons. The normalized spacial score (nSPS) is 11.6. The summed E-state index contributed by atoms with van der Waals surface area (Å²) in [5, 5.41) is 4.34. The van der Waals surface area contributed by atoms with Gasteiger partial charge in [0.25, 0.3) is 0 Å². The number of carbonyl (C=O) groups is 1. The number of sulfone groups is 1. The van der Waals surface area contributed by atoms with Crippen LogP contribution in [0.3, 0.4) is 0 Å². The Labute approximate surface area is 152 Å². The Bertz CT molecular complexity index is 962. The van der Waals surface area contributed by atoms with Crippen molar-refractivity contribution < 1.29 is 17.9 Å². The molecule has 0 N–H and O–H groups in total. The molecule has 2 rings (SSSR count). The molecule has 2 aromatic rings. The van der Waals surface area contributed by atoms with Crippen molar-refractivity contribution in [3.63, 3.8) is 0 Å². The third-order valence-electron chi connectivity index (χ3n) is 4.15.